The van der Waals surface area contributed by atoms with E-state index < -0.39 is 0 Å². The Labute approximate surface area is 113 Å². The number of aryl methyl sites for hydroxylation is 1. The van der Waals surface area contributed by atoms with Crippen LogP contribution < -0.4 is 4.74 Å². The lowest BCUT2D eigenvalue weighted by molar-refractivity contribution is 0.344. The second-order valence-corrected chi connectivity index (χ2v) is 6.20. The summed E-state index contributed by atoms with van der Waals surface area (Å²) in [6.45, 7) is 2.59. The van der Waals surface area contributed by atoms with Crippen LogP contribution >= 0.6 is 34.7 Å². The summed E-state index contributed by atoms with van der Waals surface area (Å²) in [4.78, 5) is 0. The van der Waals surface area contributed by atoms with Crippen molar-refractivity contribution in [3.8, 4) is 5.75 Å². The molecule has 2 aromatic rings. The summed E-state index contributed by atoms with van der Waals surface area (Å²) < 4.78 is 6.55. The lowest BCUT2D eigenvalue weighted by atomic mass is 10.3. The molecule has 0 aliphatic carbocycles. The summed E-state index contributed by atoms with van der Waals surface area (Å²) in [5, 5.41) is 9.70. The van der Waals surface area contributed by atoms with Gasteiger partial charge in [-0.25, -0.2) is 0 Å². The molecule has 0 bridgehead atoms. The number of thioether (sulfide) groups is 1. The average Bonchev–Trinajstić information content (AvgIpc) is 2.73. The van der Waals surface area contributed by atoms with Gasteiger partial charge in [0.2, 0.25) is 0 Å². The van der Waals surface area contributed by atoms with Gasteiger partial charge in [-0.2, -0.15) is 0 Å². The number of halogens is 1. The Bertz CT molecular complexity index is 473. The Morgan fingerprint density at radius 2 is 2.06 bits per heavy atom. The lowest BCUT2D eigenvalue weighted by Gasteiger charge is -2.04. The zero-order valence-electron chi connectivity index (χ0n) is 9.22. The molecule has 0 amide bonds. The monoisotopic (exact) mass is 286 g/mol. The highest BCUT2D eigenvalue weighted by Gasteiger charge is 2.01. The quantitative estimate of drug-likeness (QED) is 0.620. The molecule has 0 saturated heterocycles. The molecule has 90 valence electrons. The van der Waals surface area contributed by atoms with Crippen LogP contribution in [0.15, 0.2) is 28.6 Å². The molecule has 1 aromatic carbocycles. The van der Waals surface area contributed by atoms with Crippen molar-refractivity contribution in [1.82, 2.24) is 10.2 Å². The minimum absolute atomic E-state index is 0.644. The molecule has 0 fully saturated rings. The summed E-state index contributed by atoms with van der Waals surface area (Å²) >= 11 is 9.04. The van der Waals surface area contributed by atoms with Crippen molar-refractivity contribution in [2.45, 2.75) is 11.3 Å². The molecule has 0 spiro atoms. The van der Waals surface area contributed by atoms with Crippen molar-refractivity contribution in [1.29, 1.82) is 0 Å². The topological polar surface area (TPSA) is 35.0 Å². The number of rotatable bonds is 5. The minimum Gasteiger partial charge on any atom is -0.493 e. The van der Waals surface area contributed by atoms with E-state index >= 15 is 0 Å². The van der Waals surface area contributed by atoms with E-state index in [1.165, 1.54) is 0 Å². The molecule has 0 saturated carbocycles. The fourth-order valence-corrected chi connectivity index (χ4v) is 2.99. The van der Waals surface area contributed by atoms with Crippen LogP contribution in [0.2, 0.25) is 5.02 Å². The van der Waals surface area contributed by atoms with Crippen LogP contribution in [0.4, 0.5) is 0 Å². The van der Waals surface area contributed by atoms with Gasteiger partial charge in [0.25, 0.3) is 0 Å². The van der Waals surface area contributed by atoms with E-state index in [4.69, 9.17) is 16.3 Å². The largest absolute Gasteiger partial charge is 0.493 e. The van der Waals surface area contributed by atoms with Crippen LogP contribution in [0.1, 0.15) is 5.01 Å². The molecule has 1 heterocycles. The Hall–Kier alpha value is -0.780. The van der Waals surface area contributed by atoms with E-state index in [2.05, 4.69) is 10.2 Å². The van der Waals surface area contributed by atoms with Gasteiger partial charge in [-0.3, -0.25) is 0 Å². The second-order valence-electron chi connectivity index (χ2n) is 3.24. The van der Waals surface area contributed by atoms with Gasteiger partial charge in [-0.15, -0.1) is 10.2 Å². The van der Waals surface area contributed by atoms with Crippen LogP contribution in [0.3, 0.4) is 0 Å². The van der Waals surface area contributed by atoms with E-state index in [9.17, 15) is 0 Å². The Kier molecular flexibility index (Phi) is 4.65. The SMILES string of the molecule is Cc1nnc(SCCOc2ccc(Cl)cc2)s1. The van der Waals surface area contributed by atoms with Crippen molar-refractivity contribution in [2.75, 3.05) is 12.4 Å². The average molecular weight is 287 g/mol. The lowest BCUT2D eigenvalue weighted by Crippen LogP contribution is -1.99. The van der Waals surface area contributed by atoms with E-state index in [1.807, 2.05) is 31.2 Å². The smallest absolute Gasteiger partial charge is 0.174 e. The van der Waals surface area contributed by atoms with Gasteiger partial charge in [0.15, 0.2) is 4.34 Å². The molecule has 0 unspecified atom stereocenters. The number of nitrogens with zero attached hydrogens (tertiary/aromatic N) is 2. The first-order valence-corrected chi connectivity index (χ1v) is 7.23. The third-order valence-corrected chi connectivity index (χ3v) is 4.09. The molecule has 0 aliphatic heterocycles. The van der Waals surface area contributed by atoms with Gasteiger partial charge in [-0.05, 0) is 31.2 Å². The van der Waals surface area contributed by atoms with Gasteiger partial charge < -0.3 is 4.74 Å². The van der Waals surface area contributed by atoms with E-state index in [1.54, 1.807) is 23.1 Å². The van der Waals surface area contributed by atoms with Gasteiger partial charge in [0.1, 0.15) is 10.8 Å². The zero-order chi connectivity index (χ0) is 12.1. The highest BCUT2D eigenvalue weighted by Crippen LogP contribution is 2.22. The van der Waals surface area contributed by atoms with Crippen LogP contribution in [-0.4, -0.2) is 22.6 Å². The Morgan fingerprint density at radius 1 is 1.29 bits per heavy atom. The van der Waals surface area contributed by atoms with E-state index in [0.717, 1.165) is 25.9 Å². The maximum Gasteiger partial charge on any atom is 0.174 e. The molecule has 2 rings (SSSR count). The third kappa shape index (κ3) is 4.18. The van der Waals surface area contributed by atoms with Crippen LogP contribution in [0.5, 0.6) is 5.75 Å². The predicted molar refractivity (Wildman–Crippen MR) is 72.3 cm³/mol. The molecule has 0 N–H and O–H groups in total. The van der Waals surface area contributed by atoms with E-state index in [-0.39, 0.29) is 0 Å². The van der Waals surface area contributed by atoms with Crippen molar-refractivity contribution < 1.29 is 4.74 Å². The molecule has 1 aromatic heterocycles. The van der Waals surface area contributed by atoms with Gasteiger partial charge >= 0.3 is 0 Å². The van der Waals surface area contributed by atoms with Crippen LogP contribution in [-0.2, 0) is 0 Å². The van der Waals surface area contributed by atoms with Crippen LogP contribution in [0, 0.1) is 6.92 Å². The number of hydrogen-bond donors (Lipinski definition) is 0. The van der Waals surface area contributed by atoms with Gasteiger partial charge in [-0.1, -0.05) is 34.7 Å². The number of aromatic nitrogens is 2. The predicted octanol–water partition coefficient (Wildman–Crippen LogP) is 3.67. The number of hydrogen-bond acceptors (Lipinski definition) is 5. The van der Waals surface area contributed by atoms with Crippen molar-refractivity contribution in [2.24, 2.45) is 0 Å². The highest BCUT2D eigenvalue weighted by molar-refractivity contribution is 8.01. The third-order valence-electron chi connectivity index (χ3n) is 1.90. The minimum atomic E-state index is 0.644. The molecule has 17 heavy (non-hydrogen) atoms. The zero-order valence-corrected chi connectivity index (χ0v) is 11.6. The highest BCUT2D eigenvalue weighted by atomic mass is 35.5. The van der Waals surface area contributed by atoms with Gasteiger partial charge in [0.05, 0.1) is 6.61 Å². The van der Waals surface area contributed by atoms with Crippen LogP contribution in [0.25, 0.3) is 0 Å². The molecule has 3 nitrogen and oxygen atoms in total. The number of benzene rings is 1. The Balaban J connectivity index is 1.71. The van der Waals surface area contributed by atoms with Crippen molar-refractivity contribution in [3.63, 3.8) is 0 Å². The first-order valence-electron chi connectivity index (χ1n) is 5.05. The maximum atomic E-state index is 5.78. The second kappa shape index (κ2) is 6.23. The summed E-state index contributed by atoms with van der Waals surface area (Å²) in [5.74, 6) is 1.69. The maximum absolute atomic E-state index is 5.78. The fourth-order valence-electron chi connectivity index (χ4n) is 1.16. The summed E-state index contributed by atoms with van der Waals surface area (Å²) in [5.41, 5.74) is 0. The summed E-state index contributed by atoms with van der Waals surface area (Å²) in [6, 6.07) is 7.36. The Morgan fingerprint density at radius 3 is 2.71 bits per heavy atom. The molecular formula is C11H11ClN2OS2. The summed E-state index contributed by atoms with van der Waals surface area (Å²) in [6.07, 6.45) is 0. The molecule has 0 radical (unpaired) electrons. The molecule has 0 aliphatic rings. The normalized spacial score (nSPS) is 10.5. The number of ether oxygens (including phenoxy) is 1. The molecular weight excluding hydrogens is 276 g/mol. The molecule has 0 atom stereocenters. The standard InChI is InChI=1S/C11H11ClN2OS2/c1-8-13-14-11(17-8)16-7-6-15-10-4-2-9(12)3-5-10/h2-5H,6-7H2,1H3. The summed E-state index contributed by atoms with van der Waals surface area (Å²) in [7, 11) is 0. The molecule has 6 heteroatoms. The first-order chi connectivity index (χ1) is 8.24. The van der Waals surface area contributed by atoms with Gasteiger partial charge in [0, 0.05) is 10.8 Å². The fraction of sp³-hybridized carbons (Fsp3) is 0.273. The first kappa shape index (κ1) is 12.7. The van der Waals surface area contributed by atoms with E-state index in [0.29, 0.717) is 6.61 Å². The van der Waals surface area contributed by atoms with Crippen molar-refractivity contribution >= 4 is 34.7 Å². The van der Waals surface area contributed by atoms with Crippen molar-refractivity contribution in [3.05, 3.63) is 34.3 Å².